The van der Waals surface area contributed by atoms with Crippen LogP contribution in [0.2, 0.25) is 5.02 Å². The van der Waals surface area contributed by atoms with Crippen molar-refractivity contribution in [1.82, 2.24) is 0 Å². The van der Waals surface area contributed by atoms with Crippen molar-refractivity contribution in [1.29, 1.82) is 0 Å². The number of carbonyl (C=O) groups is 1. The topological polar surface area (TPSA) is 37.3 Å². The molecule has 0 bridgehead atoms. The molecule has 1 aromatic carbocycles. The highest BCUT2D eigenvalue weighted by Gasteiger charge is 2.15. The molecule has 2 nitrogen and oxygen atoms in total. The summed E-state index contributed by atoms with van der Waals surface area (Å²) in [7, 11) is 0. The molecule has 0 aliphatic rings. The van der Waals surface area contributed by atoms with Crippen LogP contribution in [0.15, 0.2) is 12.1 Å². The third-order valence-electron chi connectivity index (χ3n) is 1.63. The first-order valence-corrected chi connectivity index (χ1v) is 4.15. The Balaban J connectivity index is 3.28. The highest BCUT2D eigenvalue weighted by molar-refractivity contribution is 6.30. The summed E-state index contributed by atoms with van der Waals surface area (Å²) >= 11 is 5.46. The second-order valence-electron chi connectivity index (χ2n) is 2.56. The number of halogens is 2. The van der Waals surface area contributed by atoms with Crippen molar-refractivity contribution in [3.05, 3.63) is 28.5 Å². The number of phenolic OH excluding ortho intramolecular Hbond substituents is 1. The number of rotatable bonds is 2. The van der Waals surface area contributed by atoms with Gasteiger partial charge in [0.1, 0.15) is 11.6 Å². The van der Waals surface area contributed by atoms with Gasteiger partial charge in [-0.3, -0.25) is 4.79 Å². The van der Waals surface area contributed by atoms with Crippen LogP contribution in [-0.4, -0.2) is 10.9 Å². The lowest BCUT2D eigenvalue weighted by molar-refractivity contribution is 0.0981. The monoisotopic (exact) mass is 202 g/mol. The molecule has 1 rings (SSSR count). The molecule has 0 spiro atoms. The molecule has 0 amide bonds. The predicted molar refractivity (Wildman–Crippen MR) is 47.7 cm³/mol. The molecular weight excluding hydrogens is 195 g/mol. The van der Waals surface area contributed by atoms with Crippen molar-refractivity contribution < 1.29 is 14.3 Å². The number of hydrogen-bond donors (Lipinski definition) is 1. The lowest BCUT2D eigenvalue weighted by Crippen LogP contribution is -2.00. The van der Waals surface area contributed by atoms with Gasteiger partial charge in [0, 0.05) is 11.4 Å². The standard InChI is InChI=1S/C9H8ClFO2/c1-2-7(12)9-6(11)3-5(10)4-8(9)13/h3-4,13H,2H2,1H3. The molecule has 0 unspecified atom stereocenters. The molecule has 0 saturated carbocycles. The molecule has 0 atom stereocenters. The molecular formula is C9H8ClFO2. The van der Waals surface area contributed by atoms with E-state index in [-0.39, 0.29) is 17.0 Å². The van der Waals surface area contributed by atoms with Crippen molar-refractivity contribution in [3.63, 3.8) is 0 Å². The van der Waals surface area contributed by atoms with Crippen LogP contribution in [0.1, 0.15) is 23.7 Å². The first-order valence-electron chi connectivity index (χ1n) is 3.77. The summed E-state index contributed by atoms with van der Waals surface area (Å²) in [5, 5.41) is 9.30. The zero-order valence-electron chi connectivity index (χ0n) is 6.97. The van der Waals surface area contributed by atoms with Gasteiger partial charge in [0.05, 0.1) is 5.56 Å². The highest BCUT2D eigenvalue weighted by Crippen LogP contribution is 2.26. The van der Waals surface area contributed by atoms with Gasteiger partial charge in [0.2, 0.25) is 0 Å². The number of Topliss-reactive ketones (excluding diaryl/α,β-unsaturated/α-hetero) is 1. The largest absolute Gasteiger partial charge is 0.507 e. The van der Waals surface area contributed by atoms with Gasteiger partial charge in [-0.15, -0.1) is 0 Å². The number of benzene rings is 1. The van der Waals surface area contributed by atoms with E-state index in [1.807, 2.05) is 0 Å². The zero-order valence-corrected chi connectivity index (χ0v) is 7.73. The molecule has 0 fully saturated rings. The molecule has 1 aromatic rings. The Hall–Kier alpha value is -1.09. The summed E-state index contributed by atoms with van der Waals surface area (Å²) in [6, 6.07) is 2.15. The second-order valence-corrected chi connectivity index (χ2v) is 2.99. The van der Waals surface area contributed by atoms with Crippen LogP contribution in [0.4, 0.5) is 4.39 Å². The fourth-order valence-corrected chi connectivity index (χ4v) is 1.21. The molecule has 4 heteroatoms. The first kappa shape index (κ1) is 9.99. The van der Waals surface area contributed by atoms with Gasteiger partial charge in [-0.2, -0.15) is 0 Å². The van der Waals surface area contributed by atoms with Crippen molar-refractivity contribution >= 4 is 17.4 Å². The van der Waals surface area contributed by atoms with E-state index in [2.05, 4.69) is 0 Å². The van der Waals surface area contributed by atoms with Gasteiger partial charge in [0.15, 0.2) is 5.78 Å². The number of ketones is 1. The van der Waals surface area contributed by atoms with E-state index in [1.54, 1.807) is 6.92 Å². The summed E-state index contributed by atoms with van der Waals surface area (Å²) in [6.07, 6.45) is 0.145. The van der Waals surface area contributed by atoms with E-state index in [0.717, 1.165) is 12.1 Å². The van der Waals surface area contributed by atoms with Gasteiger partial charge < -0.3 is 5.11 Å². The lowest BCUT2D eigenvalue weighted by Gasteiger charge is -2.03. The Labute approximate surface area is 80.0 Å². The Morgan fingerprint density at radius 1 is 1.62 bits per heavy atom. The molecule has 0 radical (unpaired) electrons. The van der Waals surface area contributed by atoms with Gasteiger partial charge in [-0.25, -0.2) is 4.39 Å². The first-order chi connectivity index (χ1) is 6.06. The Bertz CT molecular complexity index is 326. The molecule has 0 aromatic heterocycles. The summed E-state index contributed by atoms with van der Waals surface area (Å²) in [4.78, 5) is 11.1. The van der Waals surface area contributed by atoms with Crippen LogP contribution in [-0.2, 0) is 0 Å². The fraction of sp³-hybridized carbons (Fsp3) is 0.222. The maximum Gasteiger partial charge on any atom is 0.169 e. The van der Waals surface area contributed by atoms with E-state index in [0.29, 0.717) is 0 Å². The van der Waals surface area contributed by atoms with Crippen molar-refractivity contribution in [2.24, 2.45) is 0 Å². The Kier molecular flexibility index (Phi) is 2.88. The summed E-state index contributed by atoms with van der Waals surface area (Å²) in [5.41, 5.74) is -0.285. The quantitative estimate of drug-likeness (QED) is 0.749. The SMILES string of the molecule is CCC(=O)c1c(O)cc(Cl)cc1F. The van der Waals surface area contributed by atoms with Crippen LogP contribution >= 0.6 is 11.6 Å². The van der Waals surface area contributed by atoms with Crippen LogP contribution in [0.3, 0.4) is 0 Å². The van der Waals surface area contributed by atoms with Crippen molar-refractivity contribution in [3.8, 4) is 5.75 Å². The summed E-state index contributed by atoms with van der Waals surface area (Å²) < 4.78 is 13.1. The third-order valence-corrected chi connectivity index (χ3v) is 1.85. The van der Waals surface area contributed by atoms with Crippen molar-refractivity contribution in [2.75, 3.05) is 0 Å². The van der Waals surface area contributed by atoms with E-state index >= 15 is 0 Å². The van der Waals surface area contributed by atoms with Crippen LogP contribution in [0.5, 0.6) is 5.75 Å². The fourth-order valence-electron chi connectivity index (χ4n) is 1.01. The minimum atomic E-state index is -0.781. The van der Waals surface area contributed by atoms with Crippen LogP contribution in [0, 0.1) is 5.82 Å². The number of carbonyl (C=O) groups excluding carboxylic acids is 1. The van der Waals surface area contributed by atoms with Crippen LogP contribution < -0.4 is 0 Å². The third kappa shape index (κ3) is 1.98. The van der Waals surface area contributed by atoms with E-state index in [4.69, 9.17) is 11.6 Å². The number of aromatic hydroxyl groups is 1. The number of phenols is 1. The molecule has 0 heterocycles. The average Bonchev–Trinajstić information content (AvgIpc) is 2.02. The molecule has 13 heavy (non-hydrogen) atoms. The lowest BCUT2D eigenvalue weighted by atomic mass is 10.1. The molecule has 0 aliphatic carbocycles. The predicted octanol–water partition coefficient (Wildman–Crippen LogP) is 2.78. The van der Waals surface area contributed by atoms with Gasteiger partial charge >= 0.3 is 0 Å². The average molecular weight is 203 g/mol. The zero-order chi connectivity index (χ0) is 10.0. The minimum absolute atomic E-state index is 0.0719. The molecule has 1 N–H and O–H groups in total. The van der Waals surface area contributed by atoms with Crippen molar-refractivity contribution in [2.45, 2.75) is 13.3 Å². The molecule has 0 aliphatic heterocycles. The van der Waals surface area contributed by atoms with Gasteiger partial charge in [-0.1, -0.05) is 18.5 Å². The van der Waals surface area contributed by atoms with E-state index in [1.165, 1.54) is 0 Å². The maximum atomic E-state index is 13.1. The smallest absolute Gasteiger partial charge is 0.169 e. The van der Waals surface area contributed by atoms with E-state index < -0.39 is 17.3 Å². The van der Waals surface area contributed by atoms with E-state index in [9.17, 15) is 14.3 Å². The summed E-state index contributed by atoms with van der Waals surface area (Å²) in [5.74, 6) is -1.62. The van der Waals surface area contributed by atoms with Crippen LogP contribution in [0.25, 0.3) is 0 Å². The highest BCUT2D eigenvalue weighted by atomic mass is 35.5. The second kappa shape index (κ2) is 3.75. The number of hydrogen-bond acceptors (Lipinski definition) is 2. The maximum absolute atomic E-state index is 13.1. The van der Waals surface area contributed by atoms with Gasteiger partial charge in [-0.05, 0) is 12.1 Å². The Morgan fingerprint density at radius 3 is 2.69 bits per heavy atom. The molecule has 70 valence electrons. The molecule has 0 saturated heterocycles. The normalized spacial score (nSPS) is 10.1. The summed E-state index contributed by atoms with van der Waals surface area (Å²) in [6.45, 7) is 1.59. The van der Waals surface area contributed by atoms with Gasteiger partial charge in [0.25, 0.3) is 0 Å². The minimum Gasteiger partial charge on any atom is -0.507 e. The Morgan fingerprint density at radius 2 is 2.23 bits per heavy atom.